The van der Waals surface area contributed by atoms with Gasteiger partial charge in [0.1, 0.15) is 12.4 Å². The zero-order chi connectivity index (χ0) is 18.2. The third-order valence-electron chi connectivity index (χ3n) is 6.98. The molecule has 0 N–H and O–H groups in total. The van der Waals surface area contributed by atoms with Crippen molar-refractivity contribution in [3.63, 3.8) is 0 Å². The molecule has 144 valence electrons. The zero-order valence-corrected chi connectivity index (χ0v) is 16.2. The monoisotopic (exact) mass is 366 g/mol. The van der Waals surface area contributed by atoms with Crippen molar-refractivity contribution in [1.82, 2.24) is 4.90 Å². The van der Waals surface area contributed by atoms with Crippen molar-refractivity contribution >= 4 is 6.02 Å². The average molecular weight is 367 g/mol. The van der Waals surface area contributed by atoms with Crippen LogP contribution in [0.2, 0.25) is 0 Å². The van der Waals surface area contributed by atoms with Crippen molar-refractivity contribution in [2.75, 3.05) is 13.2 Å². The highest BCUT2D eigenvalue weighted by atomic mass is 16.6. The molecule has 4 heteroatoms. The van der Waals surface area contributed by atoms with Gasteiger partial charge in [-0.1, -0.05) is 25.0 Å². The van der Waals surface area contributed by atoms with E-state index in [2.05, 4.69) is 47.2 Å². The van der Waals surface area contributed by atoms with Crippen LogP contribution in [-0.2, 0) is 4.74 Å². The van der Waals surface area contributed by atoms with Crippen molar-refractivity contribution in [1.29, 1.82) is 0 Å². The average Bonchev–Trinajstić information content (AvgIpc) is 3.11. The molecule has 2 heterocycles. The summed E-state index contributed by atoms with van der Waals surface area (Å²) in [6.45, 7) is 3.57. The fourth-order valence-corrected chi connectivity index (χ4v) is 5.61. The van der Waals surface area contributed by atoms with Gasteiger partial charge in [0.2, 0.25) is 0 Å². The zero-order valence-electron chi connectivity index (χ0n) is 16.2. The maximum absolute atomic E-state index is 6.04. The third-order valence-corrected chi connectivity index (χ3v) is 6.98. The highest BCUT2D eigenvalue weighted by Gasteiger charge is 2.37. The van der Waals surface area contributed by atoms with Crippen LogP contribution in [0.5, 0.6) is 5.75 Å². The lowest BCUT2D eigenvalue weighted by molar-refractivity contribution is 0.144. The van der Waals surface area contributed by atoms with Gasteiger partial charge in [0, 0.05) is 6.20 Å². The molecule has 1 unspecified atom stereocenters. The van der Waals surface area contributed by atoms with Crippen molar-refractivity contribution < 1.29 is 9.47 Å². The summed E-state index contributed by atoms with van der Waals surface area (Å²) >= 11 is 0. The fourth-order valence-electron chi connectivity index (χ4n) is 5.61. The summed E-state index contributed by atoms with van der Waals surface area (Å²) < 4.78 is 12.0. The summed E-state index contributed by atoms with van der Waals surface area (Å²) in [5.74, 6) is 3.54. The minimum Gasteiger partial charge on any atom is -0.490 e. The van der Waals surface area contributed by atoms with E-state index in [1.165, 1.54) is 44.1 Å². The van der Waals surface area contributed by atoms with E-state index >= 15 is 0 Å². The molecular formula is C23H30N2O2. The lowest BCUT2D eigenvalue weighted by atomic mass is 9.62. The number of rotatable bonds is 4. The van der Waals surface area contributed by atoms with Gasteiger partial charge in [-0.05, 0) is 74.1 Å². The molecule has 27 heavy (non-hydrogen) atoms. The largest absolute Gasteiger partial charge is 0.490 e. The first-order valence-corrected chi connectivity index (χ1v) is 10.7. The summed E-state index contributed by atoms with van der Waals surface area (Å²) in [5.41, 5.74) is 1.53. The molecule has 2 bridgehead atoms. The number of aliphatic imine (C=N–C) groups is 1. The predicted molar refractivity (Wildman–Crippen MR) is 107 cm³/mol. The van der Waals surface area contributed by atoms with Gasteiger partial charge < -0.3 is 14.4 Å². The van der Waals surface area contributed by atoms with Gasteiger partial charge in [-0.25, -0.2) is 4.99 Å². The first-order valence-electron chi connectivity index (χ1n) is 10.7. The van der Waals surface area contributed by atoms with Crippen molar-refractivity contribution in [2.24, 2.45) is 16.8 Å². The standard InChI is InChI=1S/C23H30N2O2/c1-16-12-13-24-23-25(16)14-21(27-23)15-26-20-10-8-19(9-11-20)22-17-4-2-5-18(22)7-3-6-17/h8-13,16-18,21-22H,2-7,14-15H2,1H3/t16?,17?,18?,21-,22?/m0/s1. The van der Waals surface area contributed by atoms with Crippen LogP contribution < -0.4 is 4.74 Å². The molecule has 2 saturated carbocycles. The van der Waals surface area contributed by atoms with Gasteiger partial charge in [0.15, 0.2) is 6.10 Å². The molecule has 4 aliphatic rings. The molecule has 5 rings (SSSR count). The highest BCUT2D eigenvalue weighted by molar-refractivity contribution is 5.78. The molecule has 0 spiro atoms. The maximum atomic E-state index is 6.04. The van der Waals surface area contributed by atoms with Gasteiger partial charge >= 0.3 is 0 Å². The lowest BCUT2D eigenvalue weighted by Gasteiger charge is -2.43. The molecule has 0 radical (unpaired) electrons. The van der Waals surface area contributed by atoms with E-state index in [-0.39, 0.29) is 6.10 Å². The molecule has 1 saturated heterocycles. The van der Waals surface area contributed by atoms with Crippen LogP contribution >= 0.6 is 0 Å². The molecule has 4 nitrogen and oxygen atoms in total. The van der Waals surface area contributed by atoms with Crippen molar-refractivity contribution in [2.45, 2.75) is 63.5 Å². The van der Waals surface area contributed by atoms with E-state index in [0.717, 1.165) is 36.1 Å². The second kappa shape index (κ2) is 7.21. The number of benzene rings is 1. The van der Waals surface area contributed by atoms with Crippen LogP contribution in [0, 0.1) is 11.8 Å². The van der Waals surface area contributed by atoms with Gasteiger partial charge in [-0.3, -0.25) is 0 Å². The van der Waals surface area contributed by atoms with Crippen LogP contribution in [0.4, 0.5) is 0 Å². The Morgan fingerprint density at radius 2 is 1.78 bits per heavy atom. The Bertz CT molecular complexity index is 704. The fraction of sp³-hybridized carbons (Fsp3) is 0.609. The van der Waals surface area contributed by atoms with Crippen molar-refractivity contribution in [3.8, 4) is 5.75 Å². The smallest absolute Gasteiger partial charge is 0.293 e. The minimum absolute atomic E-state index is 0.0449. The Hall–Kier alpha value is -1.97. The molecule has 1 aromatic rings. The van der Waals surface area contributed by atoms with Crippen molar-refractivity contribution in [3.05, 3.63) is 42.1 Å². The number of amidine groups is 1. The number of hydrogen-bond acceptors (Lipinski definition) is 4. The molecular weight excluding hydrogens is 336 g/mol. The Morgan fingerprint density at radius 3 is 2.44 bits per heavy atom. The van der Waals surface area contributed by atoms with E-state index in [9.17, 15) is 0 Å². The minimum atomic E-state index is 0.0449. The Labute approximate surface area is 162 Å². The second-order valence-electron chi connectivity index (χ2n) is 8.67. The third kappa shape index (κ3) is 3.35. The second-order valence-corrected chi connectivity index (χ2v) is 8.67. The summed E-state index contributed by atoms with van der Waals surface area (Å²) in [5, 5.41) is 0. The topological polar surface area (TPSA) is 34.1 Å². The Morgan fingerprint density at radius 1 is 1.07 bits per heavy atom. The van der Waals surface area contributed by atoms with E-state index < -0.39 is 0 Å². The van der Waals surface area contributed by atoms with E-state index in [1.807, 2.05) is 6.20 Å². The number of fused-ring (bicyclic) bond motifs is 3. The summed E-state index contributed by atoms with van der Waals surface area (Å²) in [7, 11) is 0. The SMILES string of the molecule is CC1C=CN=C2O[C@H](COc3ccc(C4C5CCCC4CCC5)cc3)CN21. The van der Waals surface area contributed by atoms with E-state index in [1.54, 1.807) is 0 Å². The molecule has 1 aromatic carbocycles. The molecule has 2 atom stereocenters. The quantitative estimate of drug-likeness (QED) is 0.773. The maximum Gasteiger partial charge on any atom is 0.293 e. The van der Waals surface area contributed by atoms with Gasteiger partial charge in [0.05, 0.1) is 12.6 Å². The molecule has 0 aromatic heterocycles. The number of ether oxygens (including phenoxy) is 2. The summed E-state index contributed by atoms with van der Waals surface area (Å²) in [6.07, 6.45) is 12.5. The molecule has 3 fully saturated rings. The van der Waals surface area contributed by atoms with Crippen LogP contribution in [-0.4, -0.2) is 36.2 Å². The van der Waals surface area contributed by atoms with Gasteiger partial charge in [-0.15, -0.1) is 0 Å². The Kier molecular flexibility index (Phi) is 4.58. The predicted octanol–water partition coefficient (Wildman–Crippen LogP) is 4.72. The lowest BCUT2D eigenvalue weighted by Crippen LogP contribution is -2.35. The summed E-state index contributed by atoms with van der Waals surface area (Å²) in [6, 6.07) is 10.0. The number of hydrogen-bond donors (Lipinski definition) is 0. The van der Waals surface area contributed by atoms with Gasteiger partial charge in [0.25, 0.3) is 6.02 Å². The van der Waals surface area contributed by atoms with Crippen LogP contribution in [0.3, 0.4) is 0 Å². The van der Waals surface area contributed by atoms with E-state index in [0.29, 0.717) is 12.6 Å². The molecule has 2 aliphatic carbocycles. The summed E-state index contributed by atoms with van der Waals surface area (Å²) in [4.78, 5) is 6.52. The van der Waals surface area contributed by atoms with Gasteiger partial charge in [-0.2, -0.15) is 0 Å². The number of nitrogens with zero attached hydrogens (tertiary/aromatic N) is 2. The normalized spacial score (nSPS) is 34.6. The van der Waals surface area contributed by atoms with Crippen LogP contribution in [0.25, 0.3) is 0 Å². The first-order chi connectivity index (χ1) is 13.3. The van der Waals surface area contributed by atoms with Crippen LogP contribution in [0.1, 0.15) is 56.9 Å². The Balaban J connectivity index is 1.19. The molecule has 0 amide bonds. The highest BCUT2D eigenvalue weighted by Crippen LogP contribution is 2.49. The molecule has 2 aliphatic heterocycles. The first kappa shape index (κ1) is 17.2. The van der Waals surface area contributed by atoms with Crippen LogP contribution in [0.15, 0.2) is 41.5 Å². The van der Waals surface area contributed by atoms with E-state index in [4.69, 9.17) is 9.47 Å².